The van der Waals surface area contributed by atoms with Crippen LogP contribution in [0.1, 0.15) is 56.3 Å². The first kappa shape index (κ1) is 29.4. The number of rotatable bonds is 7. The number of carbonyl (C=O) groups is 1. The second-order valence-corrected chi connectivity index (χ2v) is 12.1. The van der Waals surface area contributed by atoms with Crippen LogP contribution in [0.3, 0.4) is 0 Å². The average Bonchev–Trinajstić information content (AvgIpc) is 3.26. The number of nitro groups is 1. The molecule has 11 heteroatoms. The van der Waals surface area contributed by atoms with Gasteiger partial charge in [-0.15, -0.1) is 0 Å². The predicted octanol–water partition coefficient (Wildman–Crippen LogP) is 2.16. The van der Waals surface area contributed by atoms with Gasteiger partial charge in [0, 0.05) is 23.4 Å². The molecule has 0 radical (unpaired) electrons. The van der Waals surface area contributed by atoms with Gasteiger partial charge in [0.25, 0.3) is 11.2 Å². The number of anilines is 1. The van der Waals surface area contributed by atoms with Crippen molar-refractivity contribution in [2.24, 2.45) is 4.99 Å². The molecule has 1 atom stereocenters. The minimum atomic E-state index is -0.714. The summed E-state index contributed by atoms with van der Waals surface area (Å²) in [4.78, 5) is 47.3. The first-order valence-electron chi connectivity index (χ1n) is 14.2. The lowest BCUT2D eigenvalue weighted by molar-refractivity contribution is -0.880. The Kier molecular flexibility index (Phi) is 8.42. The molecule has 220 valence electrons. The summed E-state index contributed by atoms with van der Waals surface area (Å²) in [6.45, 7) is 11.4. The van der Waals surface area contributed by atoms with E-state index < -0.39 is 16.9 Å². The molecule has 1 saturated heterocycles. The molecule has 1 N–H and O–H groups in total. The quantitative estimate of drug-likeness (QED) is 0.257. The van der Waals surface area contributed by atoms with Crippen molar-refractivity contribution >= 4 is 34.8 Å². The van der Waals surface area contributed by atoms with Gasteiger partial charge in [-0.3, -0.25) is 19.5 Å². The van der Waals surface area contributed by atoms with Crippen molar-refractivity contribution in [3.8, 4) is 0 Å². The summed E-state index contributed by atoms with van der Waals surface area (Å²) >= 11 is 1.21. The van der Waals surface area contributed by atoms with E-state index in [9.17, 15) is 19.7 Å². The Bertz CT molecular complexity index is 1730. The Morgan fingerprint density at radius 2 is 1.90 bits per heavy atom. The summed E-state index contributed by atoms with van der Waals surface area (Å²) in [6.07, 6.45) is 1.72. The van der Waals surface area contributed by atoms with Gasteiger partial charge >= 0.3 is 5.97 Å². The van der Waals surface area contributed by atoms with Crippen LogP contribution in [0.5, 0.6) is 0 Å². The molecule has 0 amide bonds. The molecular formula is C31H36N5O5S+. The topological polar surface area (TPSA) is 111 Å². The van der Waals surface area contributed by atoms with E-state index in [0.717, 1.165) is 43.0 Å². The number of non-ortho nitro benzene ring substituents is 1. The van der Waals surface area contributed by atoms with Crippen molar-refractivity contribution in [1.29, 1.82) is 0 Å². The van der Waals surface area contributed by atoms with Crippen LogP contribution in [0.2, 0.25) is 0 Å². The number of piperazine rings is 1. The van der Waals surface area contributed by atoms with Crippen LogP contribution >= 0.6 is 11.3 Å². The van der Waals surface area contributed by atoms with Gasteiger partial charge < -0.3 is 14.5 Å². The molecule has 0 bridgehead atoms. The third-order valence-corrected chi connectivity index (χ3v) is 8.89. The highest BCUT2D eigenvalue weighted by atomic mass is 32.1. The van der Waals surface area contributed by atoms with Gasteiger partial charge in [-0.05, 0) is 43.0 Å². The van der Waals surface area contributed by atoms with Crippen LogP contribution in [-0.4, -0.2) is 55.3 Å². The molecule has 1 aromatic heterocycles. The van der Waals surface area contributed by atoms with Gasteiger partial charge in [-0.25, -0.2) is 9.79 Å². The van der Waals surface area contributed by atoms with E-state index in [1.54, 1.807) is 30.6 Å². The number of fused-ring (bicyclic) bond motifs is 1. The summed E-state index contributed by atoms with van der Waals surface area (Å²) in [5, 5.41) is 11.7. The minimum absolute atomic E-state index is 0.0407. The molecule has 42 heavy (non-hydrogen) atoms. The molecule has 2 aliphatic heterocycles. The maximum atomic E-state index is 14.1. The lowest BCUT2D eigenvalue weighted by Gasteiger charge is -2.32. The Labute approximate surface area is 248 Å². The molecule has 0 saturated carbocycles. The molecule has 2 aromatic carbocycles. The molecule has 2 aliphatic rings. The lowest BCUT2D eigenvalue weighted by atomic mass is 9.93. The first-order chi connectivity index (χ1) is 20.1. The summed E-state index contributed by atoms with van der Waals surface area (Å²) in [5.74, 6) is -0.183. The second-order valence-electron chi connectivity index (χ2n) is 11.1. The molecule has 1 fully saturated rings. The third-order valence-electron chi connectivity index (χ3n) is 7.90. The van der Waals surface area contributed by atoms with Gasteiger partial charge in [0.15, 0.2) is 4.80 Å². The highest BCUT2D eigenvalue weighted by Gasteiger charge is 2.33. The van der Waals surface area contributed by atoms with E-state index in [1.165, 1.54) is 28.4 Å². The lowest BCUT2D eigenvalue weighted by Crippen LogP contribution is -3.12. The number of thiazole rings is 1. The maximum absolute atomic E-state index is 14.1. The smallest absolute Gasteiger partial charge is 0.338 e. The SMILES string of the molecule is CCOC(=O)C1=C(C)N=c2s/c(=C/c3cc([N+](=O)[O-])ccc3N3CC[NH+](C)CC3)c(=O)n2[C@@H]1c1ccc(C(C)C)cc1. The number of allylic oxidation sites excluding steroid dienone is 1. The number of nitrogens with zero attached hydrogens (tertiary/aromatic N) is 4. The van der Waals surface area contributed by atoms with E-state index in [-0.39, 0.29) is 17.9 Å². The monoisotopic (exact) mass is 590 g/mol. The number of esters is 1. The fraction of sp³-hybridized carbons (Fsp3) is 0.387. The van der Waals surface area contributed by atoms with E-state index in [2.05, 4.69) is 30.8 Å². The Balaban J connectivity index is 1.69. The normalized spacial score (nSPS) is 17.8. The fourth-order valence-corrected chi connectivity index (χ4v) is 6.54. The summed E-state index contributed by atoms with van der Waals surface area (Å²) < 4.78 is 7.34. The van der Waals surface area contributed by atoms with E-state index >= 15 is 0 Å². The number of carbonyl (C=O) groups excluding carboxylic acids is 1. The van der Waals surface area contributed by atoms with Crippen molar-refractivity contribution in [3.05, 3.63) is 100 Å². The Hall–Kier alpha value is -4.09. The summed E-state index contributed by atoms with van der Waals surface area (Å²) in [5.41, 5.74) is 3.84. The van der Waals surface area contributed by atoms with E-state index in [0.29, 0.717) is 32.1 Å². The molecule has 10 nitrogen and oxygen atoms in total. The van der Waals surface area contributed by atoms with Crippen molar-refractivity contribution < 1.29 is 19.4 Å². The number of quaternary nitrogens is 1. The zero-order valence-corrected chi connectivity index (χ0v) is 25.4. The minimum Gasteiger partial charge on any atom is -0.463 e. The number of nitrogens with one attached hydrogen (secondary N) is 1. The van der Waals surface area contributed by atoms with E-state index in [4.69, 9.17) is 4.74 Å². The molecule has 3 heterocycles. The predicted molar refractivity (Wildman–Crippen MR) is 163 cm³/mol. The number of hydrogen-bond donors (Lipinski definition) is 1. The van der Waals surface area contributed by atoms with Crippen LogP contribution in [0.4, 0.5) is 11.4 Å². The van der Waals surface area contributed by atoms with Gasteiger partial charge in [0.05, 0.1) is 66.6 Å². The van der Waals surface area contributed by atoms with Crippen LogP contribution < -0.4 is 24.7 Å². The molecule has 0 spiro atoms. The molecule has 5 rings (SSSR count). The van der Waals surface area contributed by atoms with Crippen LogP contribution in [0.25, 0.3) is 6.08 Å². The molecular weight excluding hydrogens is 554 g/mol. The number of nitro benzene ring substituents is 1. The van der Waals surface area contributed by atoms with Crippen LogP contribution in [-0.2, 0) is 9.53 Å². The van der Waals surface area contributed by atoms with Crippen molar-refractivity contribution in [1.82, 2.24) is 4.57 Å². The zero-order valence-electron chi connectivity index (χ0n) is 24.5. The standard InChI is InChI=1S/C31H35N5O5S/c1-6-41-30(38)27-20(4)32-31-35(28(27)22-9-7-21(8-10-22)19(2)3)29(37)26(42-31)18-23-17-24(36(39)40)11-12-25(23)34-15-13-33(5)14-16-34/h7-12,17-19,28H,6,13-16H2,1-5H3/p+1/b26-18+/t28-/m1/s1. The number of aromatic nitrogens is 1. The van der Waals surface area contributed by atoms with Crippen molar-refractivity contribution in [3.63, 3.8) is 0 Å². The number of ether oxygens (including phenoxy) is 1. The Morgan fingerprint density at radius 1 is 1.21 bits per heavy atom. The number of likely N-dealkylation sites (N-methyl/N-ethyl adjacent to an activating group) is 1. The molecule has 0 unspecified atom stereocenters. The highest BCUT2D eigenvalue weighted by molar-refractivity contribution is 7.07. The van der Waals surface area contributed by atoms with Gasteiger partial charge in [-0.2, -0.15) is 0 Å². The third kappa shape index (κ3) is 5.66. The largest absolute Gasteiger partial charge is 0.463 e. The second kappa shape index (κ2) is 12.0. The maximum Gasteiger partial charge on any atom is 0.338 e. The van der Waals surface area contributed by atoms with Gasteiger partial charge in [-0.1, -0.05) is 49.4 Å². The highest BCUT2D eigenvalue weighted by Crippen LogP contribution is 2.32. The first-order valence-corrected chi connectivity index (χ1v) is 15.0. The number of hydrogen-bond acceptors (Lipinski definition) is 8. The summed E-state index contributed by atoms with van der Waals surface area (Å²) in [7, 11) is 2.15. The number of benzene rings is 2. The van der Waals surface area contributed by atoms with Gasteiger partial charge in [0.2, 0.25) is 0 Å². The van der Waals surface area contributed by atoms with Gasteiger partial charge in [0.1, 0.15) is 0 Å². The Morgan fingerprint density at radius 3 is 2.52 bits per heavy atom. The van der Waals surface area contributed by atoms with Crippen molar-refractivity contribution in [2.45, 2.75) is 39.7 Å². The average molecular weight is 591 g/mol. The molecule has 0 aliphatic carbocycles. The van der Waals surface area contributed by atoms with Crippen LogP contribution in [0, 0.1) is 10.1 Å². The zero-order chi connectivity index (χ0) is 30.1. The summed E-state index contributed by atoms with van der Waals surface area (Å²) in [6, 6.07) is 12.0. The molecule has 3 aromatic rings. The van der Waals surface area contributed by atoms with Crippen LogP contribution in [0.15, 0.2) is 63.5 Å². The van der Waals surface area contributed by atoms with E-state index in [1.807, 2.05) is 24.3 Å². The van der Waals surface area contributed by atoms with Crippen molar-refractivity contribution in [2.75, 3.05) is 44.7 Å². The fourth-order valence-electron chi connectivity index (χ4n) is 5.50.